The standard InChI is InChI=1S/C20H31N3O6S/c1-13(2)10-17(18(25)21-12-20(4,5)29-14(3)24)23-19(26)22-16-8-6-15(7-9-16)11-30(27)28/h6-9,13,17,30H,10-12H2,1-5H3,(H,21,25)(H2,22,23,26)/t17-/m0/s1. The van der Waals surface area contributed by atoms with Crippen molar-refractivity contribution in [3.05, 3.63) is 29.8 Å². The van der Waals surface area contributed by atoms with Gasteiger partial charge in [-0.2, -0.15) is 0 Å². The van der Waals surface area contributed by atoms with E-state index in [1.807, 2.05) is 13.8 Å². The first-order valence-electron chi connectivity index (χ1n) is 9.63. The van der Waals surface area contributed by atoms with Crippen molar-refractivity contribution in [3.63, 3.8) is 0 Å². The zero-order chi connectivity index (χ0) is 22.9. The molecule has 1 rings (SSSR count). The molecule has 0 saturated heterocycles. The summed E-state index contributed by atoms with van der Waals surface area (Å²) in [4.78, 5) is 36.1. The Hall–Kier alpha value is -2.62. The van der Waals surface area contributed by atoms with Gasteiger partial charge in [-0.15, -0.1) is 0 Å². The van der Waals surface area contributed by atoms with Gasteiger partial charge in [0.05, 0.1) is 12.3 Å². The van der Waals surface area contributed by atoms with Crippen molar-refractivity contribution in [2.24, 2.45) is 5.92 Å². The van der Waals surface area contributed by atoms with E-state index in [0.717, 1.165) is 0 Å². The number of hydrogen-bond acceptors (Lipinski definition) is 6. The molecule has 0 aliphatic heterocycles. The lowest BCUT2D eigenvalue weighted by atomic mass is 10.0. The summed E-state index contributed by atoms with van der Waals surface area (Å²) in [6, 6.07) is 5.06. The molecule has 0 aromatic heterocycles. The fourth-order valence-electron chi connectivity index (χ4n) is 2.72. The van der Waals surface area contributed by atoms with Crippen molar-refractivity contribution in [1.29, 1.82) is 0 Å². The highest BCUT2D eigenvalue weighted by atomic mass is 32.2. The second-order valence-electron chi connectivity index (χ2n) is 8.04. The molecule has 30 heavy (non-hydrogen) atoms. The number of esters is 1. The quantitative estimate of drug-likeness (QED) is 0.323. The maximum atomic E-state index is 12.6. The number of hydrogen-bond donors (Lipinski definition) is 4. The Bertz CT molecular complexity index is 810. The largest absolute Gasteiger partial charge is 0.458 e. The first kappa shape index (κ1) is 25.4. The number of amides is 3. The van der Waals surface area contributed by atoms with E-state index in [4.69, 9.17) is 4.74 Å². The van der Waals surface area contributed by atoms with Gasteiger partial charge in [0, 0.05) is 12.6 Å². The number of urea groups is 1. The summed E-state index contributed by atoms with van der Waals surface area (Å²) < 4.78 is 26.7. The highest BCUT2D eigenvalue weighted by molar-refractivity contribution is 7.71. The van der Waals surface area contributed by atoms with E-state index in [9.17, 15) is 22.8 Å². The molecule has 1 aromatic carbocycles. The Kier molecular flexibility index (Phi) is 9.77. The molecule has 168 valence electrons. The van der Waals surface area contributed by atoms with E-state index < -0.39 is 34.3 Å². The third kappa shape index (κ3) is 10.2. The third-order valence-corrected chi connectivity index (χ3v) is 4.58. The lowest BCUT2D eigenvalue weighted by molar-refractivity contribution is -0.154. The molecule has 0 spiro atoms. The van der Waals surface area contributed by atoms with Gasteiger partial charge in [-0.1, -0.05) is 26.0 Å². The van der Waals surface area contributed by atoms with E-state index in [-0.39, 0.29) is 24.1 Å². The van der Waals surface area contributed by atoms with E-state index in [0.29, 0.717) is 17.7 Å². The van der Waals surface area contributed by atoms with Crippen LogP contribution >= 0.6 is 0 Å². The average Bonchev–Trinajstić information content (AvgIpc) is 2.59. The van der Waals surface area contributed by atoms with Crippen LogP contribution in [0.4, 0.5) is 10.5 Å². The smallest absolute Gasteiger partial charge is 0.319 e. The van der Waals surface area contributed by atoms with Gasteiger partial charge in [-0.25, -0.2) is 13.2 Å². The van der Waals surface area contributed by atoms with Crippen molar-refractivity contribution in [2.75, 3.05) is 11.9 Å². The first-order chi connectivity index (χ1) is 13.9. The normalized spacial score (nSPS) is 12.4. The molecule has 10 heteroatoms. The second-order valence-corrected chi connectivity index (χ2v) is 9.02. The highest BCUT2D eigenvalue weighted by Gasteiger charge is 2.26. The molecule has 9 nitrogen and oxygen atoms in total. The van der Waals surface area contributed by atoms with E-state index >= 15 is 0 Å². The summed E-state index contributed by atoms with van der Waals surface area (Å²) in [6.45, 7) is 8.62. The summed E-state index contributed by atoms with van der Waals surface area (Å²) in [7, 11) is -2.52. The van der Waals surface area contributed by atoms with E-state index in [1.165, 1.54) is 6.92 Å². The summed E-state index contributed by atoms with van der Waals surface area (Å²) in [5.41, 5.74) is 0.212. The number of benzene rings is 1. The van der Waals surface area contributed by atoms with Crippen molar-refractivity contribution >= 4 is 34.3 Å². The minimum atomic E-state index is -2.52. The van der Waals surface area contributed by atoms with Crippen LogP contribution in [0.25, 0.3) is 0 Å². The van der Waals surface area contributed by atoms with Gasteiger partial charge < -0.3 is 20.7 Å². The predicted octanol–water partition coefficient (Wildman–Crippen LogP) is 1.79. The van der Waals surface area contributed by atoms with Gasteiger partial charge in [0.1, 0.15) is 22.3 Å². The van der Waals surface area contributed by atoms with Gasteiger partial charge in [0.2, 0.25) is 5.91 Å². The van der Waals surface area contributed by atoms with Crippen LogP contribution in [0.5, 0.6) is 0 Å². The van der Waals surface area contributed by atoms with Gasteiger partial charge in [0.25, 0.3) is 0 Å². The summed E-state index contributed by atoms with van der Waals surface area (Å²) >= 11 is 0. The minimum Gasteiger partial charge on any atom is -0.458 e. The van der Waals surface area contributed by atoms with Crippen LogP contribution in [0.15, 0.2) is 24.3 Å². The maximum Gasteiger partial charge on any atom is 0.319 e. The van der Waals surface area contributed by atoms with E-state index in [1.54, 1.807) is 38.1 Å². The molecule has 1 atom stereocenters. The molecular formula is C20H31N3O6S. The summed E-state index contributed by atoms with van der Waals surface area (Å²) in [5, 5.41) is 8.00. The van der Waals surface area contributed by atoms with Crippen LogP contribution in [-0.4, -0.2) is 44.5 Å². The summed E-state index contributed by atoms with van der Waals surface area (Å²) in [6.07, 6.45) is 0.419. The number of anilines is 1. The Morgan fingerprint density at radius 1 is 1.10 bits per heavy atom. The topological polar surface area (TPSA) is 131 Å². The third-order valence-electron chi connectivity index (χ3n) is 3.96. The SMILES string of the molecule is CC(=O)OC(C)(C)CNC(=O)[C@H](CC(C)C)NC(=O)Nc1ccc(C[SH](=O)=O)cc1. The number of carbonyl (C=O) groups excluding carboxylic acids is 3. The fraction of sp³-hybridized carbons (Fsp3) is 0.550. The number of carbonyl (C=O) groups is 3. The predicted molar refractivity (Wildman–Crippen MR) is 115 cm³/mol. The molecule has 0 radical (unpaired) electrons. The molecule has 0 aliphatic rings. The van der Waals surface area contributed by atoms with Crippen LogP contribution < -0.4 is 16.0 Å². The van der Waals surface area contributed by atoms with Gasteiger partial charge in [-0.05, 0) is 43.9 Å². The molecule has 0 saturated carbocycles. The lowest BCUT2D eigenvalue weighted by Gasteiger charge is -2.27. The monoisotopic (exact) mass is 441 g/mol. The van der Waals surface area contributed by atoms with Crippen LogP contribution in [-0.2, 0) is 30.8 Å². The van der Waals surface area contributed by atoms with Gasteiger partial charge in [0.15, 0.2) is 0 Å². The molecule has 0 heterocycles. The number of rotatable bonds is 10. The van der Waals surface area contributed by atoms with Crippen LogP contribution in [0.1, 0.15) is 46.6 Å². The zero-order valence-corrected chi connectivity index (χ0v) is 18.9. The van der Waals surface area contributed by atoms with Crippen LogP contribution in [0, 0.1) is 5.92 Å². The van der Waals surface area contributed by atoms with E-state index in [2.05, 4.69) is 16.0 Å². The van der Waals surface area contributed by atoms with Gasteiger partial charge in [-0.3, -0.25) is 9.59 Å². The molecule has 0 bridgehead atoms. The molecule has 1 aromatic rings. The average molecular weight is 442 g/mol. The van der Waals surface area contributed by atoms with Gasteiger partial charge >= 0.3 is 12.0 Å². The second kappa shape index (κ2) is 11.5. The zero-order valence-electron chi connectivity index (χ0n) is 18.0. The highest BCUT2D eigenvalue weighted by Crippen LogP contribution is 2.12. The Morgan fingerprint density at radius 2 is 1.70 bits per heavy atom. The fourth-order valence-corrected chi connectivity index (χ4v) is 3.23. The van der Waals surface area contributed by atoms with Crippen LogP contribution in [0.2, 0.25) is 0 Å². The molecular weight excluding hydrogens is 410 g/mol. The van der Waals surface area contributed by atoms with Crippen LogP contribution in [0.3, 0.4) is 0 Å². The Balaban J connectivity index is 2.70. The van der Waals surface area contributed by atoms with Crippen molar-refractivity contribution in [2.45, 2.75) is 58.4 Å². The molecule has 0 fully saturated rings. The molecule has 3 N–H and O–H groups in total. The number of ether oxygens (including phenoxy) is 1. The Morgan fingerprint density at radius 3 is 2.20 bits per heavy atom. The Labute approximate surface area is 178 Å². The number of thiol groups is 1. The number of nitrogens with one attached hydrogen (secondary N) is 3. The molecule has 0 unspecified atom stereocenters. The van der Waals surface area contributed by atoms with Crippen molar-refractivity contribution in [3.8, 4) is 0 Å². The van der Waals surface area contributed by atoms with Crippen molar-refractivity contribution < 1.29 is 27.5 Å². The molecule has 3 amide bonds. The minimum absolute atomic E-state index is 0.0673. The first-order valence-corrected chi connectivity index (χ1v) is 11.0. The van der Waals surface area contributed by atoms with Crippen molar-refractivity contribution in [1.82, 2.24) is 10.6 Å². The lowest BCUT2D eigenvalue weighted by Crippen LogP contribution is -2.51. The molecule has 0 aliphatic carbocycles. The maximum absolute atomic E-state index is 12.6. The summed E-state index contributed by atoms with van der Waals surface area (Å²) in [5.74, 6) is -0.745.